The third-order valence-electron chi connectivity index (χ3n) is 6.29. The van der Waals surface area contributed by atoms with E-state index in [4.69, 9.17) is 16.3 Å². The van der Waals surface area contributed by atoms with Crippen molar-refractivity contribution in [3.05, 3.63) is 89.1 Å². The summed E-state index contributed by atoms with van der Waals surface area (Å²) >= 11 is 6.39. The van der Waals surface area contributed by atoms with Crippen LogP contribution < -0.4 is 0 Å². The van der Waals surface area contributed by atoms with Crippen LogP contribution in [0.1, 0.15) is 33.3 Å². The fraction of sp³-hybridized carbons (Fsp3) is 0.259. The van der Waals surface area contributed by atoms with Crippen LogP contribution in [0, 0.1) is 0 Å². The van der Waals surface area contributed by atoms with Crippen molar-refractivity contribution in [2.45, 2.75) is 13.5 Å². The van der Waals surface area contributed by atoms with Crippen LogP contribution in [-0.2, 0) is 11.3 Å². The Morgan fingerprint density at radius 3 is 2.53 bits per heavy atom. The number of ether oxygens (including phenoxy) is 1. The molecule has 184 valence electrons. The summed E-state index contributed by atoms with van der Waals surface area (Å²) < 4.78 is 7.19. The van der Waals surface area contributed by atoms with Gasteiger partial charge in [-0.3, -0.25) is 14.6 Å². The zero-order chi connectivity index (χ0) is 25.1. The SMILES string of the molecule is CCN(Cc1ccncc1)C(=O)c1cn2cc(-c3ccc(Cl)c(C(=O)N4CCOCC4)c3)ccc2n1. The molecular formula is C27H26ClN5O3. The smallest absolute Gasteiger partial charge is 0.274 e. The van der Waals surface area contributed by atoms with Gasteiger partial charge in [-0.15, -0.1) is 0 Å². The molecule has 36 heavy (non-hydrogen) atoms. The number of hydrogen-bond donors (Lipinski definition) is 0. The molecule has 8 nitrogen and oxygen atoms in total. The van der Waals surface area contributed by atoms with E-state index in [1.165, 1.54) is 0 Å². The maximum atomic E-state index is 13.2. The Morgan fingerprint density at radius 1 is 1.03 bits per heavy atom. The second-order valence-corrected chi connectivity index (χ2v) is 8.99. The van der Waals surface area contributed by atoms with E-state index in [0.29, 0.717) is 61.3 Å². The minimum Gasteiger partial charge on any atom is -0.378 e. The summed E-state index contributed by atoms with van der Waals surface area (Å²) in [6.45, 7) is 5.15. The third kappa shape index (κ3) is 4.96. The highest BCUT2D eigenvalue weighted by Gasteiger charge is 2.22. The molecule has 0 saturated carbocycles. The van der Waals surface area contributed by atoms with Gasteiger partial charge in [0.25, 0.3) is 11.8 Å². The van der Waals surface area contributed by atoms with Crippen molar-refractivity contribution in [1.29, 1.82) is 0 Å². The van der Waals surface area contributed by atoms with Crippen LogP contribution in [0.2, 0.25) is 5.02 Å². The molecule has 3 aromatic heterocycles. The average molecular weight is 504 g/mol. The minimum absolute atomic E-state index is 0.101. The summed E-state index contributed by atoms with van der Waals surface area (Å²) in [5, 5.41) is 0.417. The summed E-state index contributed by atoms with van der Waals surface area (Å²) in [6.07, 6.45) is 7.09. The van der Waals surface area contributed by atoms with E-state index in [1.807, 2.05) is 53.9 Å². The second-order valence-electron chi connectivity index (χ2n) is 8.58. The van der Waals surface area contributed by atoms with Gasteiger partial charge in [0, 0.05) is 51.0 Å². The van der Waals surface area contributed by atoms with Crippen LogP contribution in [0.3, 0.4) is 0 Å². The van der Waals surface area contributed by atoms with Gasteiger partial charge in [-0.05, 0) is 60.0 Å². The minimum atomic E-state index is -0.135. The zero-order valence-corrected chi connectivity index (χ0v) is 20.7. The molecule has 1 fully saturated rings. The number of fused-ring (bicyclic) bond motifs is 1. The van der Waals surface area contributed by atoms with Crippen LogP contribution >= 0.6 is 11.6 Å². The first kappa shape index (κ1) is 24.0. The molecule has 4 heterocycles. The van der Waals surface area contributed by atoms with Gasteiger partial charge in [-0.25, -0.2) is 4.98 Å². The lowest BCUT2D eigenvalue weighted by molar-refractivity contribution is 0.0303. The van der Waals surface area contributed by atoms with Crippen molar-refractivity contribution in [2.75, 3.05) is 32.8 Å². The number of rotatable bonds is 6. The lowest BCUT2D eigenvalue weighted by Gasteiger charge is -2.27. The molecular weight excluding hydrogens is 478 g/mol. The van der Waals surface area contributed by atoms with Crippen LogP contribution in [-0.4, -0.2) is 68.8 Å². The molecule has 1 aliphatic heterocycles. The highest BCUT2D eigenvalue weighted by molar-refractivity contribution is 6.34. The predicted octanol–water partition coefficient (Wildman–Crippen LogP) is 4.18. The number of benzene rings is 1. The summed E-state index contributed by atoms with van der Waals surface area (Å²) in [5.41, 5.74) is 4.26. The zero-order valence-electron chi connectivity index (χ0n) is 19.9. The van der Waals surface area contributed by atoms with E-state index in [1.54, 1.807) is 34.5 Å². The number of morpholine rings is 1. The van der Waals surface area contributed by atoms with E-state index < -0.39 is 0 Å². The predicted molar refractivity (Wildman–Crippen MR) is 137 cm³/mol. The standard InChI is InChI=1S/C27H26ClN5O3/c1-2-31(16-19-7-9-29-10-8-19)27(35)24-18-33-17-21(4-6-25(33)30-24)20-3-5-23(28)22(15-20)26(34)32-11-13-36-14-12-32/h3-10,15,17-18H,2,11-14,16H2,1H3. The Balaban J connectivity index is 1.40. The van der Waals surface area contributed by atoms with E-state index >= 15 is 0 Å². The quantitative estimate of drug-likeness (QED) is 0.394. The van der Waals surface area contributed by atoms with E-state index in [0.717, 1.165) is 16.7 Å². The molecule has 0 aliphatic carbocycles. The monoisotopic (exact) mass is 503 g/mol. The second kappa shape index (κ2) is 10.5. The number of pyridine rings is 2. The Labute approximate surface area is 214 Å². The maximum Gasteiger partial charge on any atom is 0.274 e. The lowest BCUT2D eigenvalue weighted by Crippen LogP contribution is -2.40. The molecule has 1 aliphatic rings. The van der Waals surface area contributed by atoms with Crippen molar-refractivity contribution in [3.8, 4) is 11.1 Å². The summed E-state index contributed by atoms with van der Waals surface area (Å²) in [6, 6.07) is 13.0. The number of aromatic nitrogens is 3. The Morgan fingerprint density at radius 2 is 1.78 bits per heavy atom. The van der Waals surface area contributed by atoms with Gasteiger partial charge in [-0.2, -0.15) is 0 Å². The van der Waals surface area contributed by atoms with E-state index in [-0.39, 0.29) is 11.8 Å². The molecule has 0 spiro atoms. The van der Waals surface area contributed by atoms with Gasteiger partial charge >= 0.3 is 0 Å². The molecule has 0 radical (unpaired) electrons. The van der Waals surface area contributed by atoms with Crippen molar-refractivity contribution in [1.82, 2.24) is 24.2 Å². The molecule has 5 rings (SSSR count). The molecule has 4 aromatic rings. The van der Waals surface area contributed by atoms with Crippen LogP contribution in [0.15, 0.2) is 67.3 Å². The first-order valence-electron chi connectivity index (χ1n) is 11.9. The molecule has 0 N–H and O–H groups in total. The molecule has 9 heteroatoms. The van der Waals surface area contributed by atoms with Crippen molar-refractivity contribution in [3.63, 3.8) is 0 Å². The van der Waals surface area contributed by atoms with Gasteiger partial charge in [0.15, 0.2) is 0 Å². The fourth-order valence-corrected chi connectivity index (χ4v) is 4.47. The van der Waals surface area contributed by atoms with Crippen LogP contribution in [0.5, 0.6) is 0 Å². The maximum absolute atomic E-state index is 13.2. The van der Waals surface area contributed by atoms with Gasteiger partial charge in [0.05, 0.1) is 23.8 Å². The Bertz CT molecular complexity index is 1400. The lowest BCUT2D eigenvalue weighted by atomic mass is 10.0. The van der Waals surface area contributed by atoms with Crippen LogP contribution in [0.4, 0.5) is 0 Å². The summed E-state index contributed by atoms with van der Waals surface area (Å²) in [5.74, 6) is -0.236. The number of imidazole rings is 1. The molecule has 1 saturated heterocycles. The number of carbonyl (C=O) groups is 2. The largest absolute Gasteiger partial charge is 0.378 e. The summed E-state index contributed by atoms with van der Waals surface area (Å²) in [4.78, 5) is 38.3. The molecule has 0 unspecified atom stereocenters. The number of halogens is 1. The third-order valence-corrected chi connectivity index (χ3v) is 6.62. The average Bonchev–Trinajstić information content (AvgIpc) is 3.36. The molecule has 2 amide bonds. The van der Waals surface area contributed by atoms with Gasteiger partial charge in [0.1, 0.15) is 11.3 Å². The number of nitrogens with zero attached hydrogens (tertiary/aromatic N) is 5. The first-order valence-corrected chi connectivity index (χ1v) is 12.2. The van der Waals surface area contributed by atoms with Gasteiger partial charge in [0.2, 0.25) is 0 Å². The fourth-order valence-electron chi connectivity index (χ4n) is 4.27. The molecule has 0 atom stereocenters. The highest BCUT2D eigenvalue weighted by Crippen LogP contribution is 2.27. The first-order chi connectivity index (χ1) is 17.5. The van der Waals surface area contributed by atoms with E-state index in [9.17, 15) is 9.59 Å². The Kier molecular flexibility index (Phi) is 6.97. The highest BCUT2D eigenvalue weighted by atomic mass is 35.5. The number of hydrogen-bond acceptors (Lipinski definition) is 5. The van der Waals surface area contributed by atoms with E-state index in [2.05, 4.69) is 9.97 Å². The van der Waals surface area contributed by atoms with Crippen molar-refractivity contribution >= 4 is 29.1 Å². The normalized spacial score (nSPS) is 13.7. The topological polar surface area (TPSA) is 80.0 Å². The van der Waals surface area contributed by atoms with Crippen LogP contribution in [0.25, 0.3) is 16.8 Å². The molecule has 0 bridgehead atoms. The van der Waals surface area contributed by atoms with Gasteiger partial charge < -0.3 is 18.9 Å². The van der Waals surface area contributed by atoms with Crippen molar-refractivity contribution < 1.29 is 14.3 Å². The molecule has 1 aromatic carbocycles. The van der Waals surface area contributed by atoms with Gasteiger partial charge in [-0.1, -0.05) is 17.7 Å². The number of carbonyl (C=O) groups excluding carboxylic acids is 2. The Hall–Kier alpha value is -3.75. The number of amides is 2. The van der Waals surface area contributed by atoms with Crippen molar-refractivity contribution in [2.24, 2.45) is 0 Å². The summed E-state index contributed by atoms with van der Waals surface area (Å²) in [7, 11) is 0.